The highest BCUT2D eigenvalue weighted by molar-refractivity contribution is 5.81. The lowest BCUT2D eigenvalue weighted by atomic mass is 9.95. The molecule has 8 nitrogen and oxygen atoms in total. The van der Waals surface area contributed by atoms with Crippen LogP contribution in [0.5, 0.6) is 0 Å². The molecule has 0 spiro atoms. The summed E-state index contributed by atoms with van der Waals surface area (Å²) >= 11 is 0. The number of aryl methyl sites for hydroxylation is 1. The van der Waals surface area contributed by atoms with Crippen LogP contribution in [0.2, 0.25) is 0 Å². The number of fused-ring (bicyclic) bond motifs is 2. The molecule has 148 valence electrons. The second-order valence-corrected chi connectivity index (χ2v) is 7.77. The minimum Gasteiger partial charge on any atom is -0.382 e. The van der Waals surface area contributed by atoms with E-state index in [0.717, 1.165) is 42.6 Å². The van der Waals surface area contributed by atoms with Gasteiger partial charge in [0.2, 0.25) is 0 Å². The van der Waals surface area contributed by atoms with E-state index in [1.165, 1.54) is 12.7 Å². The van der Waals surface area contributed by atoms with Gasteiger partial charge in [0.15, 0.2) is 11.6 Å². The van der Waals surface area contributed by atoms with E-state index in [4.69, 9.17) is 10.7 Å². The van der Waals surface area contributed by atoms with E-state index in [-0.39, 0.29) is 11.6 Å². The van der Waals surface area contributed by atoms with Crippen LogP contribution in [0.3, 0.4) is 0 Å². The summed E-state index contributed by atoms with van der Waals surface area (Å²) < 4.78 is 3.78. The second-order valence-electron chi connectivity index (χ2n) is 7.77. The predicted molar refractivity (Wildman–Crippen MR) is 111 cm³/mol. The first-order valence-electron chi connectivity index (χ1n) is 10.1. The average Bonchev–Trinajstić information content (AvgIpc) is 3.22. The maximum Gasteiger partial charge on any atom is 0.261 e. The third kappa shape index (κ3) is 2.95. The molecule has 8 heteroatoms. The van der Waals surface area contributed by atoms with Gasteiger partial charge in [-0.1, -0.05) is 31.4 Å². The summed E-state index contributed by atoms with van der Waals surface area (Å²) in [6, 6.07) is 5.99. The number of nitrogens with two attached hydrogens (primary N) is 1. The van der Waals surface area contributed by atoms with Crippen LogP contribution in [0.15, 0.2) is 35.6 Å². The van der Waals surface area contributed by atoms with Crippen molar-refractivity contribution >= 4 is 16.7 Å². The van der Waals surface area contributed by atoms with Gasteiger partial charge in [-0.25, -0.2) is 19.9 Å². The minimum atomic E-state index is 0.0452. The van der Waals surface area contributed by atoms with Gasteiger partial charge in [0.1, 0.15) is 17.8 Å². The molecule has 0 unspecified atom stereocenters. The smallest absolute Gasteiger partial charge is 0.261 e. The Hall–Kier alpha value is -3.29. The number of rotatable bonds is 3. The first kappa shape index (κ1) is 17.8. The van der Waals surface area contributed by atoms with Gasteiger partial charge in [-0.15, -0.1) is 0 Å². The summed E-state index contributed by atoms with van der Waals surface area (Å²) in [6.07, 6.45) is 8.62. The fourth-order valence-corrected chi connectivity index (χ4v) is 4.45. The first-order valence-corrected chi connectivity index (χ1v) is 10.1. The Labute approximate surface area is 167 Å². The van der Waals surface area contributed by atoms with Crippen molar-refractivity contribution in [3.05, 3.63) is 52.6 Å². The lowest BCUT2D eigenvalue weighted by molar-refractivity contribution is 0.334. The summed E-state index contributed by atoms with van der Waals surface area (Å²) in [5, 5.41) is 0.709. The van der Waals surface area contributed by atoms with Crippen LogP contribution in [0.4, 0.5) is 5.82 Å². The van der Waals surface area contributed by atoms with Crippen molar-refractivity contribution in [2.75, 3.05) is 5.73 Å². The van der Waals surface area contributed by atoms with E-state index in [9.17, 15) is 4.79 Å². The number of hydrogen-bond donors (Lipinski definition) is 1. The molecule has 1 fully saturated rings. The summed E-state index contributed by atoms with van der Waals surface area (Å²) in [6.45, 7) is 2.36. The lowest BCUT2D eigenvalue weighted by Crippen LogP contribution is -2.32. The Balaban J connectivity index is 1.70. The highest BCUT2D eigenvalue weighted by Gasteiger charge is 2.23. The Kier molecular flexibility index (Phi) is 4.26. The molecule has 0 radical (unpaired) electrons. The van der Waals surface area contributed by atoms with Crippen molar-refractivity contribution in [1.29, 1.82) is 0 Å². The maximum atomic E-state index is 13.6. The highest BCUT2D eigenvalue weighted by atomic mass is 16.1. The van der Waals surface area contributed by atoms with Gasteiger partial charge in [-0.2, -0.15) is 0 Å². The zero-order chi connectivity index (χ0) is 20.0. The quantitative estimate of drug-likeness (QED) is 0.578. The summed E-state index contributed by atoms with van der Waals surface area (Å²) in [5.74, 6) is 1.72. The molecule has 1 aromatic heterocycles. The molecule has 0 amide bonds. The van der Waals surface area contributed by atoms with Gasteiger partial charge in [0.25, 0.3) is 5.56 Å². The summed E-state index contributed by atoms with van der Waals surface area (Å²) in [5.41, 5.74) is 8.23. The van der Waals surface area contributed by atoms with Gasteiger partial charge >= 0.3 is 0 Å². The van der Waals surface area contributed by atoms with E-state index >= 15 is 0 Å². The molecule has 3 aliphatic rings. The zero-order valence-corrected chi connectivity index (χ0v) is 16.4. The van der Waals surface area contributed by atoms with E-state index in [1.54, 1.807) is 6.33 Å². The van der Waals surface area contributed by atoms with Gasteiger partial charge in [-0.05, 0) is 31.4 Å². The molecule has 0 bridgehead atoms. The fraction of sp³-hybridized carbons (Fsp3) is 0.381. The normalized spacial score (nSPS) is 15.3. The highest BCUT2D eigenvalue weighted by Crippen LogP contribution is 2.29. The molecular weight excluding hydrogens is 366 g/mol. The fourth-order valence-electron chi connectivity index (χ4n) is 4.45. The van der Waals surface area contributed by atoms with E-state index < -0.39 is 0 Å². The molecule has 29 heavy (non-hydrogen) atoms. The predicted octanol–water partition coefficient (Wildman–Crippen LogP) is 2.93. The van der Waals surface area contributed by atoms with Gasteiger partial charge in [-0.3, -0.25) is 9.36 Å². The van der Waals surface area contributed by atoms with E-state index in [0.29, 0.717) is 29.3 Å². The van der Waals surface area contributed by atoms with Crippen molar-refractivity contribution < 1.29 is 0 Å². The number of aromatic nitrogens is 6. The third-order valence-corrected chi connectivity index (χ3v) is 5.89. The largest absolute Gasteiger partial charge is 0.382 e. The lowest BCUT2D eigenvalue weighted by Gasteiger charge is -2.27. The Morgan fingerprint density at radius 1 is 1.14 bits per heavy atom. The molecule has 2 N–H and O–H groups in total. The molecular formula is C21H23N7O. The minimum absolute atomic E-state index is 0.0452. The third-order valence-electron chi connectivity index (χ3n) is 5.89. The topological polar surface area (TPSA) is 105 Å². The number of nitrogens with zero attached hydrogens (tertiary/aromatic N) is 6. The van der Waals surface area contributed by atoms with E-state index in [1.807, 2.05) is 34.3 Å². The van der Waals surface area contributed by atoms with Gasteiger partial charge in [0, 0.05) is 6.04 Å². The van der Waals surface area contributed by atoms with Crippen LogP contribution >= 0.6 is 0 Å². The average molecular weight is 389 g/mol. The van der Waals surface area contributed by atoms with Gasteiger partial charge < -0.3 is 10.3 Å². The monoisotopic (exact) mass is 389 g/mol. The van der Waals surface area contributed by atoms with E-state index in [2.05, 4.69) is 15.0 Å². The number of imidazole rings is 1. The van der Waals surface area contributed by atoms with Crippen LogP contribution in [0.1, 0.15) is 49.5 Å². The van der Waals surface area contributed by atoms with Crippen molar-refractivity contribution in [3.8, 4) is 11.5 Å². The summed E-state index contributed by atoms with van der Waals surface area (Å²) in [7, 11) is 0. The van der Waals surface area contributed by atoms with Crippen molar-refractivity contribution in [3.63, 3.8) is 0 Å². The molecule has 1 aliphatic carbocycles. The molecule has 1 saturated carbocycles. The first-order chi connectivity index (χ1) is 14.1. The van der Waals surface area contributed by atoms with Crippen LogP contribution in [0.25, 0.3) is 22.4 Å². The maximum absolute atomic E-state index is 13.6. The summed E-state index contributed by atoms with van der Waals surface area (Å²) in [4.78, 5) is 31.3. The zero-order valence-electron chi connectivity index (χ0n) is 16.4. The molecule has 0 saturated heterocycles. The van der Waals surface area contributed by atoms with Crippen LogP contribution in [0, 0.1) is 6.92 Å². The van der Waals surface area contributed by atoms with Crippen molar-refractivity contribution in [2.24, 2.45) is 0 Å². The molecule has 0 atom stereocenters. The number of anilines is 1. The number of nitrogen functional groups attached to an aromatic ring is 1. The van der Waals surface area contributed by atoms with Crippen LogP contribution in [-0.4, -0.2) is 29.1 Å². The molecule has 5 rings (SSSR count). The molecule has 3 heterocycles. The Morgan fingerprint density at radius 2 is 1.97 bits per heavy atom. The van der Waals surface area contributed by atoms with Crippen LogP contribution in [-0.2, 0) is 6.54 Å². The number of benzene rings is 1. The SMILES string of the molecule is Cc1cccc2nc(Cn3cnc(N)c4ncnc3-4)n(C3CCCCC3)c(=O)c12. The van der Waals surface area contributed by atoms with Crippen molar-refractivity contribution in [2.45, 2.75) is 51.6 Å². The standard InChI is InChI=1S/C21H23N7O/c1-13-6-5-9-15-17(13)21(29)28(14-7-3-2-4-8-14)16(26-15)10-27-12-25-19(22)18-20(27)24-11-23-18/h5-6,9,11-12,14H,2-4,7-8,10,22H2,1H3. The molecule has 1 aromatic carbocycles. The Bertz CT molecular complexity index is 1220. The van der Waals surface area contributed by atoms with Crippen LogP contribution < -0.4 is 11.3 Å². The molecule has 2 aliphatic heterocycles. The van der Waals surface area contributed by atoms with Crippen molar-refractivity contribution in [1.82, 2.24) is 29.1 Å². The van der Waals surface area contributed by atoms with Gasteiger partial charge in [0.05, 0.1) is 23.8 Å². The molecule has 2 aromatic rings. The number of hydrogen-bond acceptors (Lipinski definition) is 6. The second kappa shape index (κ2) is 6.95. The Morgan fingerprint density at radius 3 is 2.79 bits per heavy atom.